The molecule has 10 heavy (non-hydrogen) atoms. The highest BCUT2D eigenvalue weighted by atomic mass is 16.5. The van der Waals surface area contributed by atoms with Crippen LogP contribution in [0.25, 0.3) is 0 Å². The number of ether oxygens (including phenoxy) is 1. The summed E-state index contributed by atoms with van der Waals surface area (Å²) in [6.07, 6.45) is 1.45. The van der Waals surface area contributed by atoms with Crippen molar-refractivity contribution in [1.82, 2.24) is 0 Å². The van der Waals surface area contributed by atoms with E-state index in [9.17, 15) is 0 Å². The van der Waals surface area contributed by atoms with Gasteiger partial charge in [0.2, 0.25) is 0 Å². The van der Waals surface area contributed by atoms with Gasteiger partial charge in [-0.2, -0.15) is 0 Å². The van der Waals surface area contributed by atoms with Crippen molar-refractivity contribution in [3.63, 3.8) is 0 Å². The van der Waals surface area contributed by atoms with E-state index in [2.05, 4.69) is 6.92 Å². The summed E-state index contributed by atoms with van der Waals surface area (Å²) >= 11 is 0. The first-order chi connectivity index (χ1) is 4.79. The van der Waals surface area contributed by atoms with Crippen molar-refractivity contribution < 1.29 is 9.84 Å². The van der Waals surface area contributed by atoms with Gasteiger partial charge in [0.25, 0.3) is 0 Å². The fourth-order valence-corrected chi connectivity index (χ4v) is 1.69. The van der Waals surface area contributed by atoms with E-state index in [0.717, 1.165) is 13.0 Å². The van der Waals surface area contributed by atoms with Gasteiger partial charge in [-0.1, -0.05) is 6.92 Å². The summed E-state index contributed by atoms with van der Waals surface area (Å²) in [5.41, 5.74) is 0. The first kappa shape index (κ1) is 8.02. The largest absolute Gasteiger partial charge is 0.396 e. The zero-order chi connectivity index (χ0) is 7.56. The molecule has 0 saturated heterocycles. The first-order valence-electron chi connectivity index (χ1n) is 4.02. The van der Waals surface area contributed by atoms with Crippen LogP contribution in [0.1, 0.15) is 20.3 Å². The van der Waals surface area contributed by atoms with Gasteiger partial charge < -0.3 is 9.84 Å². The normalized spacial score (nSPS) is 39.3. The Hall–Kier alpha value is -0.0800. The molecule has 1 aliphatic rings. The van der Waals surface area contributed by atoms with E-state index in [1.807, 2.05) is 6.92 Å². The van der Waals surface area contributed by atoms with Gasteiger partial charge in [0, 0.05) is 19.1 Å². The van der Waals surface area contributed by atoms with E-state index in [4.69, 9.17) is 9.84 Å². The summed E-state index contributed by atoms with van der Waals surface area (Å²) in [7, 11) is 0. The molecule has 60 valence electrons. The SMILES string of the molecule is CCO[C@H]1[C@H](CO)C[C@H]1C. The summed E-state index contributed by atoms with van der Waals surface area (Å²) in [6, 6.07) is 0. The van der Waals surface area contributed by atoms with Gasteiger partial charge in [0.1, 0.15) is 0 Å². The van der Waals surface area contributed by atoms with Crippen molar-refractivity contribution in [2.24, 2.45) is 11.8 Å². The van der Waals surface area contributed by atoms with E-state index in [1.165, 1.54) is 0 Å². The number of aliphatic hydroxyl groups is 1. The zero-order valence-electron chi connectivity index (χ0n) is 6.71. The quantitative estimate of drug-likeness (QED) is 0.641. The minimum Gasteiger partial charge on any atom is -0.396 e. The molecular weight excluding hydrogens is 128 g/mol. The van der Waals surface area contributed by atoms with Crippen molar-refractivity contribution in [2.75, 3.05) is 13.2 Å². The lowest BCUT2D eigenvalue weighted by molar-refractivity contribution is -0.100. The molecule has 0 radical (unpaired) electrons. The van der Waals surface area contributed by atoms with Gasteiger partial charge in [-0.15, -0.1) is 0 Å². The molecule has 2 nitrogen and oxygen atoms in total. The van der Waals surface area contributed by atoms with Crippen LogP contribution in [0.2, 0.25) is 0 Å². The maximum atomic E-state index is 8.82. The van der Waals surface area contributed by atoms with E-state index < -0.39 is 0 Å². The van der Waals surface area contributed by atoms with Gasteiger partial charge in [-0.25, -0.2) is 0 Å². The van der Waals surface area contributed by atoms with E-state index in [-0.39, 0.29) is 6.61 Å². The van der Waals surface area contributed by atoms with Gasteiger partial charge in [-0.3, -0.25) is 0 Å². The lowest BCUT2D eigenvalue weighted by Crippen LogP contribution is -2.44. The predicted octanol–water partition coefficient (Wildman–Crippen LogP) is 1.04. The predicted molar refractivity (Wildman–Crippen MR) is 39.8 cm³/mol. The maximum Gasteiger partial charge on any atom is 0.0650 e. The molecule has 0 aromatic rings. The van der Waals surface area contributed by atoms with Crippen LogP contribution in [0.3, 0.4) is 0 Å². The molecule has 0 bridgehead atoms. The Morgan fingerprint density at radius 1 is 1.60 bits per heavy atom. The monoisotopic (exact) mass is 144 g/mol. The summed E-state index contributed by atoms with van der Waals surface area (Å²) in [6.45, 7) is 5.23. The van der Waals surface area contributed by atoms with Crippen LogP contribution in [-0.2, 0) is 4.74 Å². The standard InChI is InChI=1S/C8H16O2/c1-3-10-8-6(2)4-7(8)5-9/h6-9H,3-5H2,1-2H3/t6-,7+,8-/m1/s1. The summed E-state index contributed by atoms with van der Waals surface area (Å²) in [4.78, 5) is 0. The van der Waals surface area contributed by atoms with E-state index >= 15 is 0 Å². The third kappa shape index (κ3) is 1.32. The molecule has 1 aliphatic carbocycles. The van der Waals surface area contributed by atoms with Crippen molar-refractivity contribution in [1.29, 1.82) is 0 Å². The van der Waals surface area contributed by atoms with Gasteiger partial charge in [0.15, 0.2) is 0 Å². The molecule has 1 rings (SSSR count). The molecule has 0 unspecified atom stereocenters. The fraction of sp³-hybridized carbons (Fsp3) is 1.00. The van der Waals surface area contributed by atoms with Crippen molar-refractivity contribution in [3.05, 3.63) is 0 Å². The Kier molecular flexibility index (Phi) is 2.69. The first-order valence-corrected chi connectivity index (χ1v) is 4.02. The Morgan fingerprint density at radius 2 is 2.30 bits per heavy atom. The van der Waals surface area contributed by atoms with Gasteiger partial charge in [-0.05, 0) is 19.3 Å². The number of hydrogen-bond acceptors (Lipinski definition) is 2. The Morgan fingerprint density at radius 3 is 2.70 bits per heavy atom. The van der Waals surface area contributed by atoms with Crippen LogP contribution < -0.4 is 0 Å². The van der Waals surface area contributed by atoms with Crippen molar-refractivity contribution >= 4 is 0 Å². The van der Waals surface area contributed by atoms with Crippen LogP contribution in [-0.4, -0.2) is 24.4 Å². The van der Waals surface area contributed by atoms with Crippen LogP contribution in [0.15, 0.2) is 0 Å². The molecule has 0 aromatic carbocycles. The highest BCUT2D eigenvalue weighted by Crippen LogP contribution is 2.35. The summed E-state index contributed by atoms with van der Waals surface area (Å²) in [5, 5.41) is 8.82. The molecule has 1 N–H and O–H groups in total. The third-order valence-electron chi connectivity index (χ3n) is 2.29. The maximum absolute atomic E-state index is 8.82. The van der Waals surface area contributed by atoms with E-state index in [1.54, 1.807) is 0 Å². The smallest absolute Gasteiger partial charge is 0.0650 e. The topological polar surface area (TPSA) is 29.5 Å². The van der Waals surface area contributed by atoms with Gasteiger partial charge >= 0.3 is 0 Å². The number of aliphatic hydroxyl groups excluding tert-OH is 1. The molecule has 0 aliphatic heterocycles. The molecule has 1 saturated carbocycles. The van der Waals surface area contributed by atoms with Crippen LogP contribution in [0, 0.1) is 11.8 Å². The molecule has 2 heteroatoms. The lowest BCUT2D eigenvalue weighted by Gasteiger charge is -2.41. The van der Waals surface area contributed by atoms with Crippen molar-refractivity contribution in [2.45, 2.75) is 26.4 Å². The van der Waals surface area contributed by atoms with Crippen LogP contribution in [0.5, 0.6) is 0 Å². The second-order valence-corrected chi connectivity index (χ2v) is 3.08. The minimum atomic E-state index is 0.287. The second-order valence-electron chi connectivity index (χ2n) is 3.08. The van der Waals surface area contributed by atoms with Crippen LogP contribution >= 0.6 is 0 Å². The average molecular weight is 144 g/mol. The zero-order valence-corrected chi connectivity index (χ0v) is 6.71. The average Bonchev–Trinajstić information content (AvgIpc) is 1.95. The minimum absolute atomic E-state index is 0.287. The highest BCUT2D eigenvalue weighted by Gasteiger charge is 2.37. The molecule has 0 spiro atoms. The Balaban J connectivity index is 2.25. The second kappa shape index (κ2) is 3.35. The van der Waals surface area contributed by atoms with Crippen molar-refractivity contribution in [3.8, 4) is 0 Å². The molecule has 0 heterocycles. The lowest BCUT2D eigenvalue weighted by atomic mass is 9.73. The molecule has 0 amide bonds. The molecule has 0 aromatic heterocycles. The number of rotatable bonds is 3. The van der Waals surface area contributed by atoms with Gasteiger partial charge in [0.05, 0.1) is 6.10 Å². The molecule has 3 atom stereocenters. The Labute approximate surface area is 62.2 Å². The highest BCUT2D eigenvalue weighted by molar-refractivity contribution is 4.87. The Bertz CT molecular complexity index is 103. The molecule has 1 fully saturated rings. The third-order valence-corrected chi connectivity index (χ3v) is 2.29. The molecular formula is C8H16O2. The number of hydrogen-bond donors (Lipinski definition) is 1. The summed E-state index contributed by atoms with van der Waals surface area (Å²) < 4.78 is 5.43. The van der Waals surface area contributed by atoms with E-state index in [0.29, 0.717) is 17.9 Å². The summed E-state index contributed by atoms with van der Waals surface area (Å²) in [5.74, 6) is 1.06. The fourth-order valence-electron chi connectivity index (χ4n) is 1.69. The van der Waals surface area contributed by atoms with Crippen LogP contribution in [0.4, 0.5) is 0 Å².